The van der Waals surface area contributed by atoms with Gasteiger partial charge >= 0.3 is 12.3 Å². The summed E-state index contributed by atoms with van der Waals surface area (Å²) < 4.78 is 44.8. The molecule has 4 rings (SSSR count). The number of hydrogen-bond acceptors (Lipinski definition) is 7. The molecule has 0 spiro atoms. The lowest BCUT2D eigenvalue weighted by Gasteiger charge is -2.07. The standard InChI is InChI=1S/C19H13F2NO7/c20-19(21)28-14-4-1-11(6-16(14)29-19)22-17(24)9-27-18(25)5-10-8-26-15-7-12(23)2-3-13(10)15/h1-4,6-8,23H,5,9H2,(H,22,24). The highest BCUT2D eigenvalue weighted by atomic mass is 19.3. The monoisotopic (exact) mass is 405 g/mol. The van der Waals surface area contributed by atoms with Crippen LogP contribution in [0.2, 0.25) is 0 Å². The molecule has 0 radical (unpaired) electrons. The summed E-state index contributed by atoms with van der Waals surface area (Å²) in [6, 6.07) is 8.21. The average Bonchev–Trinajstić information content (AvgIpc) is 3.18. The first-order valence-corrected chi connectivity index (χ1v) is 8.33. The van der Waals surface area contributed by atoms with Crippen molar-refractivity contribution in [1.82, 2.24) is 0 Å². The third-order valence-corrected chi connectivity index (χ3v) is 4.02. The van der Waals surface area contributed by atoms with Crippen molar-refractivity contribution in [1.29, 1.82) is 0 Å². The van der Waals surface area contributed by atoms with E-state index in [0.717, 1.165) is 0 Å². The van der Waals surface area contributed by atoms with E-state index in [1.165, 1.54) is 36.6 Å². The Morgan fingerprint density at radius 1 is 1.10 bits per heavy atom. The molecule has 29 heavy (non-hydrogen) atoms. The quantitative estimate of drug-likeness (QED) is 0.628. The van der Waals surface area contributed by atoms with E-state index in [4.69, 9.17) is 9.15 Å². The van der Waals surface area contributed by atoms with E-state index in [-0.39, 0.29) is 29.4 Å². The van der Waals surface area contributed by atoms with Gasteiger partial charge in [-0.25, -0.2) is 0 Å². The van der Waals surface area contributed by atoms with E-state index in [1.54, 1.807) is 6.07 Å². The first-order valence-electron chi connectivity index (χ1n) is 8.33. The molecular weight excluding hydrogens is 392 g/mol. The lowest BCUT2D eigenvalue weighted by molar-refractivity contribution is -0.286. The summed E-state index contributed by atoms with van der Waals surface area (Å²) >= 11 is 0. The zero-order valence-electron chi connectivity index (χ0n) is 14.6. The molecule has 8 nitrogen and oxygen atoms in total. The molecule has 2 N–H and O–H groups in total. The van der Waals surface area contributed by atoms with E-state index in [9.17, 15) is 23.5 Å². The third-order valence-electron chi connectivity index (χ3n) is 4.02. The van der Waals surface area contributed by atoms with Gasteiger partial charge in [-0.05, 0) is 24.3 Å². The summed E-state index contributed by atoms with van der Waals surface area (Å²) in [6.45, 7) is -0.569. The molecule has 1 aliphatic rings. The molecule has 0 aliphatic carbocycles. The van der Waals surface area contributed by atoms with Crippen molar-refractivity contribution >= 4 is 28.5 Å². The van der Waals surface area contributed by atoms with Gasteiger partial charge in [-0.15, -0.1) is 8.78 Å². The highest BCUT2D eigenvalue weighted by Crippen LogP contribution is 2.42. The van der Waals surface area contributed by atoms with E-state index < -0.39 is 24.8 Å². The maximum atomic E-state index is 13.0. The number of anilines is 1. The first kappa shape index (κ1) is 18.5. The van der Waals surface area contributed by atoms with Gasteiger partial charge in [-0.1, -0.05) is 0 Å². The molecule has 2 aromatic carbocycles. The van der Waals surface area contributed by atoms with Crippen LogP contribution < -0.4 is 14.8 Å². The molecule has 0 atom stereocenters. The number of hydrogen-bond donors (Lipinski definition) is 2. The molecule has 0 saturated carbocycles. The number of alkyl halides is 2. The fourth-order valence-corrected chi connectivity index (χ4v) is 2.79. The van der Waals surface area contributed by atoms with E-state index >= 15 is 0 Å². The van der Waals surface area contributed by atoms with Gasteiger partial charge in [-0.2, -0.15) is 0 Å². The molecule has 1 aromatic heterocycles. The Balaban J connectivity index is 1.31. The topological polar surface area (TPSA) is 107 Å². The van der Waals surface area contributed by atoms with Crippen LogP contribution in [0.1, 0.15) is 5.56 Å². The minimum absolute atomic E-state index is 0.0323. The van der Waals surface area contributed by atoms with Crippen LogP contribution in [0.4, 0.5) is 14.5 Å². The van der Waals surface area contributed by atoms with Crippen molar-refractivity contribution in [3.63, 3.8) is 0 Å². The van der Waals surface area contributed by atoms with Crippen molar-refractivity contribution in [3.05, 3.63) is 48.2 Å². The van der Waals surface area contributed by atoms with Gasteiger partial charge in [0.15, 0.2) is 18.1 Å². The molecule has 150 valence electrons. The van der Waals surface area contributed by atoms with E-state index in [2.05, 4.69) is 14.8 Å². The molecule has 0 fully saturated rings. The van der Waals surface area contributed by atoms with Crippen LogP contribution in [-0.2, 0) is 20.7 Å². The number of esters is 1. The zero-order chi connectivity index (χ0) is 20.6. The van der Waals surface area contributed by atoms with Crippen LogP contribution in [0, 0.1) is 0 Å². The first-order chi connectivity index (χ1) is 13.8. The van der Waals surface area contributed by atoms with Crippen molar-refractivity contribution in [3.8, 4) is 17.2 Å². The van der Waals surface area contributed by atoms with Crippen molar-refractivity contribution < 1.29 is 42.1 Å². The van der Waals surface area contributed by atoms with Crippen LogP contribution >= 0.6 is 0 Å². The second-order valence-corrected chi connectivity index (χ2v) is 6.16. The van der Waals surface area contributed by atoms with Gasteiger partial charge in [0.25, 0.3) is 5.91 Å². The van der Waals surface area contributed by atoms with Crippen molar-refractivity contribution in [2.45, 2.75) is 12.7 Å². The third kappa shape index (κ3) is 4.05. The normalized spacial score (nSPS) is 14.0. The van der Waals surface area contributed by atoms with Crippen molar-refractivity contribution in [2.75, 3.05) is 11.9 Å². The lowest BCUT2D eigenvalue weighted by atomic mass is 10.1. The number of halogens is 2. The van der Waals surface area contributed by atoms with Crippen LogP contribution in [0.25, 0.3) is 11.0 Å². The number of aromatic hydroxyl groups is 1. The summed E-state index contributed by atoms with van der Waals surface area (Å²) in [4.78, 5) is 23.9. The Morgan fingerprint density at radius 3 is 2.72 bits per heavy atom. The number of carbonyl (C=O) groups is 2. The Morgan fingerprint density at radius 2 is 1.90 bits per heavy atom. The largest absolute Gasteiger partial charge is 0.586 e. The molecule has 0 unspecified atom stereocenters. The van der Waals surface area contributed by atoms with Crippen LogP contribution in [-0.4, -0.2) is 29.9 Å². The van der Waals surface area contributed by atoms with Gasteiger partial charge in [0.05, 0.1) is 12.7 Å². The molecule has 0 saturated heterocycles. The fraction of sp³-hybridized carbons (Fsp3) is 0.158. The Hall–Kier alpha value is -3.82. The number of amides is 1. The fourth-order valence-electron chi connectivity index (χ4n) is 2.79. The van der Waals surface area contributed by atoms with Gasteiger partial charge in [-0.3, -0.25) is 9.59 Å². The van der Waals surface area contributed by atoms with Gasteiger partial charge in [0, 0.05) is 28.8 Å². The Labute approximate surface area is 161 Å². The Bertz CT molecular complexity index is 1110. The summed E-state index contributed by atoms with van der Waals surface area (Å²) in [5, 5.41) is 12.5. The predicted molar refractivity (Wildman–Crippen MR) is 93.8 cm³/mol. The number of benzene rings is 2. The van der Waals surface area contributed by atoms with Gasteiger partial charge < -0.3 is 29.1 Å². The second-order valence-electron chi connectivity index (χ2n) is 6.16. The molecule has 0 bridgehead atoms. The molecule has 10 heteroatoms. The minimum atomic E-state index is -3.75. The summed E-state index contributed by atoms with van der Waals surface area (Å²) in [7, 11) is 0. The van der Waals surface area contributed by atoms with Gasteiger partial charge in [0.1, 0.15) is 11.3 Å². The molecule has 1 aliphatic heterocycles. The van der Waals surface area contributed by atoms with E-state index in [0.29, 0.717) is 16.5 Å². The van der Waals surface area contributed by atoms with Crippen LogP contribution in [0.3, 0.4) is 0 Å². The van der Waals surface area contributed by atoms with Crippen molar-refractivity contribution in [2.24, 2.45) is 0 Å². The molecule has 2 heterocycles. The van der Waals surface area contributed by atoms with Gasteiger partial charge in [0.2, 0.25) is 0 Å². The summed E-state index contributed by atoms with van der Waals surface area (Å²) in [5.41, 5.74) is 1.13. The minimum Gasteiger partial charge on any atom is -0.508 e. The number of phenolic OH excluding ortho intramolecular Hbond substituents is 1. The second kappa shape index (κ2) is 6.97. The van der Waals surface area contributed by atoms with Crippen LogP contribution in [0.15, 0.2) is 47.1 Å². The lowest BCUT2D eigenvalue weighted by Crippen LogP contribution is -2.25. The highest BCUT2D eigenvalue weighted by Gasteiger charge is 2.43. The highest BCUT2D eigenvalue weighted by molar-refractivity contribution is 5.93. The number of ether oxygens (including phenoxy) is 3. The number of nitrogens with one attached hydrogen (secondary N) is 1. The maximum absolute atomic E-state index is 13.0. The maximum Gasteiger partial charge on any atom is 0.586 e. The summed E-state index contributed by atoms with van der Waals surface area (Å²) in [6.07, 6.45) is -2.52. The SMILES string of the molecule is O=C(COC(=O)Cc1coc2cc(O)ccc12)Nc1ccc2c(c1)OC(F)(F)O2. The van der Waals surface area contributed by atoms with Crippen LogP contribution in [0.5, 0.6) is 17.2 Å². The number of rotatable bonds is 5. The molecular formula is C19H13F2NO7. The number of phenols is 1. The predicted octanol–water partition coefficient (Wildman–Crippen LogP) is 3.18. The van der Waals surface area contributed by atoms with E-state index in [1.807, 2.05) is 0 Å². The number of furan rings is 1. The number of fused-ring (bicyclic) bond motifs is 2. The Kier molecular flexibility index (Phi) is 4.45. The zero-order valence-corrected chi connectivity index (χ0v) is 14.6. The smallest absolute Gasteiger partial charge is 0.508 e. The summed E-state index contributed by atoms with van der Waals surface area (Å²) in [5.74, 6) is -1.67. The molecule has 1 amide bonds. The molecule has 3 aromatic rings. The number of carbonyl (C=O) groups excluding carboxylic acids is 2. The average molecular weight is 405 g/mol.